The first kappa shape index (κ1) is 15.8. The summed E-state index contributed by atoms with van der Waals surface area (Å²) in [6.45, 7) is 1.46. The number of rotatable bonds is 4. The molecule has 0 saturated heterocycles. The molecule has 0 radical (unpaired) electrons. The van der Waals surface area contributed by atoms with Crippen molar-refractivity contribution in [3.8, 4) is 0 Å². The predicted molar refractivity (Wildman–Crippen MR) is 74.3 cm³/mol. The molecule has 0 aliphatic heterocycles. The molecule has 1 N–H and O–H groups in total. The standard InChI is InChI=1S/C13H11ClF2N2O2S/c1-8(11-3-2-9(15)6-12(11)16)18-21(19,20)10-4-5-17-13(14)7-10/h2-8,18H,1H3. The van der Waals surface area contributed by atoms with Crippen molar-refractivity contribution in [3.63, 3.8) is 0 Å². The molecule has 8 heteroatoms. The van der Waals surface area contributed by atoms with Crippen molar-refractivity contribution < 1.29 is 17.2 Å². The SMILES string of the molecule is CC(NS(=O)(=O)c1ccnc(Cl)c1)c1ccc(F)cc1F. The highest BCUT2D eigenvalue weighted by molar-refractivity contribution is 7.89. The van der Waals surface area contributed by atoms with Gasteiger partial charge in [-0.1, -0.05) is 17.7 Å². The van der Waals surface area contributed by atoms with Crippen LogP contribution in [0.1, 0.15) is 18.5 Å². The average molecular weight is 333 g/mol. The van der Waals surface area contributed by atoms with Gasteiger partial charge in [-0.3, -0.25) is 0 Å². The Hall–Kier alpha value is -1.57. The van der Waals surface area contributed by atoms with Gasteiger partial charge in [0, 0.05) is 23.9 Å². The third-order valence-electron chi connectivity index (χ3n) is 2.77. The van der Waals surface area contributed by atoms with Crippen LogP contribution in [0.5, 0.6) is 0 Å². The second-order valence-electron chi connectivity index (χ2n) is 4.32. The predicted octanol–water partition coefficient (Wildman–Crippen LogP) is 3.05. The van der Waals surface area contributed by atoms with Gasteiger partial charge in [-0.15, -0.1) is 0 Å². The van der Waals surface area contributed by atoms with E-state index in [2.05, 4.69) is 9.71 Å². The minimum Gasteiger partial charge on any atom is -0.244 e. The highest BCUT2D eigenvalue weighted by Gasteiger charge is 2.21. The summed E-state index contributed by atoms with van der Waals surface area (Å²) in [5.41, 5.74) is 0.0418. The summed E-state index contributed by atoms with van der Waals surface area (Å²) in [6, 6.07) is 4.52. The number of benzene rings is 1. The van der Waals surface area contributed by atoms with Crippen LogP contribution in [-0.2, 0) is 10.0 Å². The van der Waals surface area contributed by atoms with E-state index >= 15 is 0 Å². The quantitative estimate of drug-likeness (QED) is 0.875. The van der Waals surface area contributed by atoms with E-state index in [-0.39, 0.29) is 15.6 Å². The molecule has 0 saturated carbocycles. The zero-order valence-corrected chi connectivity index (χ0v) is 12.4. The lowest BCUT2D eigenvalue weighted by atomic mass is 10.1. The Morgan fingerprint density at radius 3 is 2.57 bits per heavy atom. The summed E-state index contributed by atoms with van der Waals surface area (Å²) < 4.78 is 53.1. The largest absolute Gasteiger partial charge is 0.244 e. The first-order chi connectivity index (χ1) is 9.79. The summed E-state index contributed by atoms with van der Waals surface area (Å²) >= 11 is 5.64. The molecule has 0 fully saturated rings. The third kappa shape index (κ3) is 3.75. The summed E-state index contributed by atoms with van der Waals surface area (Å²) in [6.07, 6.45) is 1.25. The highest BCUT2D eigenvalue weighted by Crippen LogP contribution is 2.21. The van der Waals surface area contributed by atoms with Crippen LogP contribution in [0.4, 0.5) is 8.78 Å². The second-order valence-corrected chi connectivity index (χ2v) is 6.42. The molecule has 112 valence electrons. The van der Waals surface area contributed by atoms with Gasteiger partial charge >= 0.3 is 0 Å². The van der Waals surface area contributed by atoms with E-state index in [4.69, 9.17) is 11.6 Å². The van der Waals surface area contributed by atoms with E-state index < -0.39 is 27.7 Å². The number of sulfonamides is 1. The van der Waals surface area contributed by atoms with E-state index in [0.29, 0.717) is 6.07 Å². The van der Waals surface area contributed by atoms with Gasteiger partial charge in [0.2, 0.25) is 10.0 Å². The minimum atomic E-state index is -3.89. The molecule has 0 aliphatic rings. The van der Waals surface area contributed by atoms with Gasteiger partial charge in [0.25, 0.3) is 0 Å². The van der Waals surface area contributed by atoms with Crippen molar-refractivity contribution in [2.45, 2.75) is 17.9 Å². The smallest absolute Gasteiger partial charge is 0.241 e. The van der Waals surface area contributed by atoms with Crippen molar-refractivity contribution in [2.75, 3.05) is 0 Å². The van der Waals surface area contributed by atoms with Crippen molar-refractivity contribution in [1.29, 1.82) is 0 Å². The van der Waals surface area contributed by atoms with E-state index in [1.165, 1.54) is 31.3 Å². The maximum atomic E-state index is 13.6. The molecule has 0 bridgehead atoms. The summed E-state index contributed by atoms with van der Waals surface area (Å²) in [7, 11) is -3.89. The number of hydrogen-bond donors (Lipinski definition) is 1. The van der Waals surface area contributed by atoms with Gasteiger partial charge in [0.15, 0.2) is 0 Å². The maximum Gasteiger partial charge on any atom is 0.241 e. The lowest BCUT2D eigenvalue weighted by Gasteiger charge is -2.15. The first-order valence-electron chi connectivity index (χ1n) is 5.88. The van der Waals surface area contributed by atoms with Crippen LogP contribution < -0.4 is 4.72 Å². The molecule has 1 aromatic carbocycles. The molecule has 1 atom stereocenters. The molecule has 0 amide bonds. The average Bonchev–Trinajstić information content (AvgIpc) is 2.37. The van der Waals surface area contributed by atoms with E-state index in [1.54, 1.807) is 0 Å². The van der Waals surface area contributed by atoms with Gasteiger partial charge in [0.1, 0.15) is 16.8 Å². The zero-order valence-electron chi connectivity index (χ0n) is 10.8. The van der Waals surface area contributed by atoms with Crippen LogP contribution in [0.15, 0.2) is 41.4 Å². The Morgan fingerprint density at radius 1 is 1.24 bits per heavy atom. The molecule has 1 aromatic heterocycles. The first-order valence-corrected chi connectivity index (χ1v) is 7.74. The Balaban J connectivity index is 2.28. The normalized spacial score (nSPS) is 13.1. The van der Waals surface area contributed by atoms with Crippen molar-refractivity contribution in [1.82, 2.24) is 9.71 Å². The molecule has 0 aliphatic carbocycles. The number of nitrogens with one attached hydrogen (secondary N) is 1. The molecular weight excluding hydrogens is 322 g/mol. The monoisotopic (exact) mass is 332 g/mol. The van der Waals surface area contributed by atoms with Gasteiger partial charge in [-0.25, -0.2) is 26.9 Å². The van der Waals surface area contributed by atoms with E-state index in [0.717, 1.165) is 6.07 Å². The summed E-state index contributed by atoms with van der Waals surface area (Å²) in [4.78, 5) is 3.60. The maximum absolute atomic E-state index is 13.6. The Labute approximate surface area is 125 Å². The Kier molecular flexibility index (Phi) is 4.55. The number of aromatic nitrogens is 1. The van der Waals surface area contributed by atoms with Gasteiger partial charge < -0.3 is 0 Å². The lowest BCUT2D eigenvalue weighted by Crippen LogP contribution is -2.27. The highest BCUT2D eigenvalue weighted by atomic mass is 35.5. The third-order valence-corrected chi connectivity index (χ3v) is 4.51. The van der Waals surface area contributed by atoms with Crippen LogP contribution in [0.2, 0.25) is 5.15 Å². The minimum absolute atomic E-state index is 0.0264. The number of nitrogens with zero attached hydrogens (tertiary/aromatic N) is 1. The molecular formula is C13H11ClF2N2O2S. The van der Waals surface area contributed by atoms with Crippen LogP contribution in [-0.4, -0.2) is 13.4 Å². The topological polar surface area (TPSA) is 59.1 Å². The molecule has 2 rings (SSSR count). The summed E-state index contributed by atoms with van der Waals surface area (Å²) in [5, 5.41) is 0.0264. The van der Waals surface area contributed by atoms with Crippen LogP contribution >= 0.6 is 11.6 Å². The number of halogens is 3. The molecule has 2 aromatic rings. The fraction of sp³-hybridized carbons (Fsp3) is 0.154. The molecule has 21 heavy (non-hydrogen) atoms. The van der Waals surface area contributed by atoms with Gasteiger partial charge in [0.05, 0.1) is 4.90 Å². The van der Waals surface area contributed by atoms with Crippen molar-refractivity contribution in [2.24, 2.45) is 0 Å². The van der Waals surface area contributed by atoms with Gasteiger partial charge in [-0.2, -0.15) is 0 Å². The lowest BCUT2D eigenvalue weighted by molar-refractivity contribution is 0.540. The molecule has 4 nitrogen and oxygen atoms in total. The van der Waals surface area contributed by atoms with Crippen LogP contribution in [0.3, 0.4) is 0 Å². The summed E-state index contributed by atoms with van der Waals surface area (Å²) in [5.74, 6) is -1.55. The Bertz CT molecular complexity index is 769. The fourth-order valence-electron chi connectivity index (χ4n) is 1.77. The Morgan fingerprint density at radius 2 is 1.95 bits per heavy atom. The number of pyridine rings is 1. The van der Waals surface area contributed by atoms with E-state index in [1.807, 2.05) is 0 Å². The van der Waals surface area contributed by atoms with Gasteiger partial charge in [-0.05, 0) is 25.1 Å². The zero-order chi connectivity index (χ0) is 15.6. The van der Waals surface area contributed by atoms with Crippen molar-refractivity contribution in [3.05, 3.63) is 58.9 Å². The molecule has 1 heterocycles. The fourth-order valence-corrected chi connectivity index (χ4v) is 3.24. The molecule has 0 spiro atoms. The van der Waals surface area contributed by atoms with E-state index in [9.17, 15) is 17.2 Å². The van der Waals surface area contributed by atoms with Crippen LogP contribution in [0, 0.1) is 11.6 Å². The van der Waals surface area contributed by atoms with Crippen molar-refractivity contribution >= 4 is 21.6 Å². The molecule has 1 unspecified atom stereocenters. The number of hydrogen-bond acceptors (Lipinski definition) is 3. The second kappa shape index (κ2) is 6.05. The van der Waals surface area contributed by atoms with Crippen LogP contribution in [0.25, 0.3) is 0 Å².